The van der Waals surface area contributed by atoms with Crippen LogP contribution in [0.3, 0.4) is 0 Å². The summed E-state index contributed by atoms with van der Waals surface area (Å²) >= 11 is 2.91. The summed E-state index contributed by atoms with van der Waals surface area (Å²) in [6.45, 7) is 7.75. The molecule has 0 bridgehead atoms. The molecule has 34 heavy (non-hydrogen) atoms. The molecule has 2 aromatic rings. The first-order chi connectivity index (χ1) is 16.3. The van der Waals surface area contributed by atoms with E-state index in [1.807, 2.05) is 58.0 Å². The van der Waals surface area contributed by atoms with Crippen molar-refractivity contribution in [1.29, 1.82) is 0 Å². The first-order valence-corrected chi connectivity index (χ1v) is 13.2. The van der Waals surface area contributed by atoms with Crippen molar-refractivity contribution < 1.29 is 14.4 Å². The van der Waals surface area contributed by atoms with Crippen molar-refractivity contribution >= 4 is 57.1 Å². The molecule has 2 heterocycles. The van der Waals surface area contributed by atoms with E-state index in [9.17, 15) is 14.4 Å². The molecule has 1 saturated heterocycles. The lowest BCUT2D eigenvalue weighted by atomic mass is 10.1. The summed E-state index contributed by atoms with van der Waals surface area (Å²) in [5.74, 6) is 0.192. The Morgan fingerprint density at radius 2 is 1.85 bits per heavy atom. The van der Waals surface area contributed by atoms with Crippen LogP contribution >= 0.6 is 23.5 Å². The maximum Gasteiger partial charge on any atom is 0.333 e. The van der Waals surface area contributed by atoms with Crippen LogP contribution < -0.4 is 10.2 Å². The van der Waals surface area contributed by atoms with E-state index < -0.39 is 17.4 Å². The number of imide groups is 1. The van der Waals surface area contributed by atoms with Gasteiger partial charge in [-0.3, -0.25) is 14.5 Å². The third kappa shape index (κ3) is 4.72. The number of hydrogen-bond donors (Lipinski definition) is 1. The highest BCUT2D eigenvalue weighted by Gasteiger charge is 2.51. The molecule has 0 aromatic heterocycles. The fourth-order valence-electron chi connectivity index (χ4n) is 4.07. The number of urea groups is 1. The second kappa shape index (κ2) is 10.2. The zero-order valence-electron chi connectivity index (χ0n) is 19.7. The summed E-state index contributed by atoms with van der Waals surface area (Å²) in [6, 6.07) is 12.6. The second-order valence-electron chi connectivity index (χ2n) is 8.21. The van der Waals surface area contributed by atoms with Crippen LogP contribution in [0.25, 0.3) is 0 Å². The molecule has 9 heteroatoms. The molecule has 178 valence electrons. The lowest BCUT2D eigenvalue weighted by Crippen LogP contribution is -2.63. The van der Waals surface area contributed by atoms with Gasteiger partial charge in [-0.2, -0.15) is 0 Å². The summed E-state index contributed by atoms with van der Waals surface area (Å²) in [7, 11) is 0. The van der Waals surface area contributed by atoms with Gasteiger partial charge >= 0.3 is 6.03 Å². The fraction of sp³-hybridized carbons (Fsp3) is 0.360. The SMILES string of the molecule is CCSC1=NC2C(S1)C(=O)N(c1ccc(C)cc1)C(=O)N2CC(=O)Nc1c(C)cccc1CC. The van der Waals surface area contributed by atoms with Crippen LogP contribution in [0.5, 0.6) is 0 Å². The molecule has 2 aromatic carbocycles. The molecule has 2 atom stereocenters. The Balaban J connectivity index is 1.64. The standard InChI is InChI=1S/C25H28N4O3S2/c1-5-17-9-7-8-16(4)20(17)26-19(30)14-28-22-21(34-24(27-22)33-6-2)23(31)29(25(28)32)18-12-10-15(3)11-13-18/h7-13,21-22H,5-6,14H2,1-4H3,(H,26,30). The molecule has 4 rings (SSSR count). The normalized spacial score (nSPS) is 19.8. The molecule has 1 fully saturated rings. The van der Waals surface area contributed by atoms with Crippen LogP contribution in [0.4, 0.5) is 16.2 Å². The minimum atomic E-state index is -0.700. The maximum atomic E-state index is 13.6. The molecule has 0 radical (unpaired) electrons. The zero-order chi connectivity index (χ0) is 24.4. The van der Waals surface area contributed by atoms with Gasteiger partial charge in [0.05, 0.1) is 5.69 Å². The summed E-state index contributed by atoms with van der Waals surface area (Å²) in [6.07, 6.45) is 0.0767. The number of aryl methyl sites for hydroxylation is 3. The van der Waals surface area contributed by atoms with Gasteiger partial charge in [-0.25, -0.2) is 14.7 Å². The minimum absolute atomic E-state index is 0.193. The van der Waals surface area contributed by atoms with E-state index in [1.165, 1.54) is 21.6 Å². The van der Waals surface area contributed by atoms with Crippen molar-refractivity contribution in [2.24, 2.45) is 4.99 Å². The summed E-state index contributed by atoms with van der Waals surface area (Å²) in [5.41, 5.74) is 4.29. The Bertz CT molecular complexity index is 1150. The van der Waals surface area contributed by atoms with Crippen LogP contribution in [0.2, 0.25) is 0 Å². The van der Waals surface area contributed by atoms with Crippen molar-refractivity contribution in [2.75, 3.05) is 22.5 Å². The first-order valence-electron chi connectivity index (χ1n) is 11.3. The molecule has 2 aliphatic rings. The van der Waals surface area contributed by atoms with Crippen molar-refractivity contribution in [3.05, 3.63) is 59.2 Å². The van der Waals surface area contributed by atoms with E-state index in [-0.39, 0.29) is 18.4 Å². The summed E-state index contributed by atoms with van der Waals surface area (Å²) in [5, 5.41) is 2.41. The van der Waals surface area contributed by atoms with E-state index in [0.717, 1.165) is 38.9 Å². The van der Waals surface area contributed by atoms with E-state index in [0.29, 0.717) is 5.69 Å². The number of thioether (sulfide) groups is 2. The Labute approximate surface area is 208 Å². The van der Waals surface area contributed by atoms with E-state index in [4.69, 9.17) is 0 Å². The Kier molecular flexibility index (Phi) is 7.33. The molecule has 4 amide bonds. The topological polar surface area (TPSA) is 82.1 Å². The van der Waals surface area contributed by atoms with Crippen molar-refractivity contribution in [2.45, 2.75) is 45.5 Å². The highest BCUT2D eigenvalue weighted by Crippen LogP contribution is 2.39. The molecule has 2 unspecified atom stereocenters. The summed E-state index contributed by atoms with van der Waals surface area (Å²) in [4.78, 5) is 47.3. The second-order valence-corrected chi connectivity index (χ2v) is 10.9. The average molecular weight is 497 g/mol. The zero-order valence-corrected chi connectivity index (χ0v) is 21.3. The number of amides is 4. The summed E-state index contributed by atoms with van der Waals surface area (Å²) < 4.78 is 0.766. The minimum Gasteiger partial charge on any atom is -0.324 e. The third-order valence-corrected chi connectivity index (χ3v) is 8.12. The molecule has 0 saturated carbocycles. The van der Waals surface area contributed by atoms with Gasteiger partial charge in [-0.05, 0) is 49.3 Å². The number of fused-ring (bicyclic) bond motifs is 1. The van der Waals surface area contributed by atoms with Crippen molar-refractivity contribution in [3.8, 4) is 0 Å². The van der Waals surface area contributed by atoms with Crippen LogP contribution in [0.15, 0.2) is 47.5 Å². The number of nitrogens with one attached hydrogen (secondary N) is 1. The fourth-order valence-corrected chi connectivity index (χ4v) is 6.36. The number of aliphatic imine (C=N–C) groups is 1. The Morgan fingerprint density at radius 3 is 2.53 bits per heavy atom. The van der Waals surface area contributed by atoms with E-state index in [1.54, 1.807) is 23.9 Å². The van der Waals surface area contributed by atoms with Gasteiger partial charge in [-0.15, -0.1) is 11.8 Å². The number of para-hydroxylation sites is 1. The molecular weight excluding hydrogens is 468 g/mol. The molecule has 7 nitrogen and oxygen atoms in total. The number of nitrogens with zero attached hydrogens (tertiary/aromatic N) is 3. The van der Waals surface area contributed by atoms with Gasteiger partial charge in [0.25, 0.3) is 5.91 Å². The quantitative estimate of drug-likeness (QED) is 0.620. The lowest BCUT2D eigenvalue weighted by Gasteiger charge is -2.39. The average Bonchev–Trinajstić information content (AvgIpc) is 3.24. The number of anilines is 2. The van der Waals surface area contributed by atoms with Gasteiger partial charge < -0.3 is 5.32 Å². The number of carbonyl (C=O) groups is 3. The molecule has 0 spiro atoms. The van der Waals surface area contributed by atoms with Gasteiger partial charge in [0.15, 0.2) is 0 Å². The number of hydrogen-bond acceptors (Lipinski definition) is 6. The van der Waals surface area contributed by atoms with Gasteiger partial charge in [0.2, 0.25) is 5.91 Å². The van der Waals surface area contributed by atoms with Crippen LogP contribution in [0, 0.1) is 13.8 Å². The van der Waals surface area contributed by atoms with E-state index in [2.05, 4.69) is 10.3 Å². The maximum absolute atomic E-state index is 13.6. The number of benzene rings is 2. The first kappa shape index (κ1) is 24.3. The van der Waals surface area contributed by atoms with Gasteiger partial charge in [0, 0.05) is 5.69 Å². The van der Waals surface area contributed by atoms with E-state index >= 15 is 0 Å². The Hall–Kier alpha value is -2.78. The molecular formula is C25H28N4O3S2. The predicted molar refractivity (Wildman–Crippen MR) is 141 cm³/mol. The molecule has 0 aliphatic carbocycles. The largest absolute Gasteiger partial charge is 0.333 e. The van der Waals surface area contributed by atoms with Crippen LogP contribution in [-0.2, 0) is 16.0 Å². The highest BCUT2D eigenvalue weighted by molar-refractivity contribution is 8.39. The highest BCUT2D eigenvalue weighted by atomic mass is 32.2. The lowest BCUT2D eigenvalue weighted by molar-refractivity contribution is -0.122. The van der Waals surface area contributed by atoms with Crippen LogP contribution in [-0.4, -0.2) is 50.8 Å². The Morgan fingerprint density at radius 1 is 1.12 bits per heavy atom. The predicted octanol–water partition coefficient (Wildman–Crippen LogP) is 4.82. The van der Waals surface area contributed by atoms with Gasteiger partial charge in [-0.1, -0.05) is 61.5 Å². The molecule has 2 aliphatic heterocycles. The van der Waals surface area contributed by atoms with Crippen molar-refractivity contribution in [3.63, 3.8) is 0 Å². The van der Waals surface area contributed by atoms with Crippen molar-refractivity contribution in [1.82, 2.24) is 4.90 Å². The third-order valence-electron chi connectivity index (χ3n) is 5.83. The van der Waals surface area contributed by atoms with Crippen LogP contribution in [0.1, 0.15) is 30.5 Å². The smallest absolute Gasteiger partial charge is 0.324 e. The van der Waals surface area contributed by atoms with Gasteiger partial charge in [0.1, 0.15) is 22.3 Å². The monoisotopic (exact) mass is 496 g/mol. The number of rotatable bonds is 6. The molecule has 1 N–H and O–H groups in total. The number of carbonyl (C=O) groups excluding carboxylic acids is 3.